The molecule has 10 heteroatoms. The third-order valence-corrected chi connectivity index (χ3v) is 5.44. The van der Waals surface area contributed by atoms with E-state index in [9.17, 15) is 14.7 Å². The highest BCUT2D eigenvalue weighted by Crippen LogP contribution is 2.19. The predicted molar refractivity (Wildman–Crippen MR) is 101 cm³/mol. The number of para-hydroxylation sites is 1. The molecule has 2 heterocycles. The quantitative estimate of drug-likeness (QED) is 0.531. The number of aromatic carboxylic acids is 1. The number of carbonyl (C=O) groups is 2. The second kappa shape index (κ2) is 9.67. The smallest absolute Gasteiger partial charge is 0.234 e. The van der Waals surface area contributed by atoms with Crippen LogP contribution in [0.2, 0.25) is 0 Å². The van der Waals surface area contributed by atoms with Gasteiger partial charge in [-0.2, -0.15) is 0 Å². The van der Waals surface area contributed by atoms with Crippen LogP contribution in [0.4, 0.5) is 5.69 Å². The summed E-state index contributed by atoms with van der Waals surface area (Å²) < 4.78 is 7.39. The van der Waals surface area contributed by atoms with E-state index in [1.54, 1.807) is 12.1 Å². The first-order valence-corrected chi connectivity index (χ1v) is 10.1. The van der Waals surface area contributed by atoms with Gasteiger partial charge in [0.25, 0.3) is 0 Å². The van der Waals surface area contributed by atoms with Crippen molar-refractivity contribution in [3.63, 3.8) is 0 Å². The number of nitrogens with one attached hydrogen (secondary N) is 2. The maximum absolute atomic E-state index is 12.3. The standard InChI is InChI=1S/C18H23N5O4S/c1-2-23-15(11-22-7-9-27-10-8-22)20-21-18(23)28-12-16(24)19-14-6-4-3-5-13(14)17(25)26/h3-6H,2,7-12H2,1H3,(H,19,24)(H,25,26). The number of ether oxygens (including phenoxy) is 1. The molecule has 1 amide bonds. The normalized spacial score (nSPS) is 14.8. The Balaban J connectivity index is 1.59. The van der Waals surface area contributed by atoms with Gasteiger partial charge in [-0.1, -0.05) is 30.0 Å². The van der Waals surface area contributed by atoms with E-state index in [1.807, 2.05) is 11.5 Å². The van der Waals surface area contributed by atoms with Gasteiger partial charge in [0.2, 0.25) is 5.91 Å². The van der Waals surface area contributed by atoms with Crippen molar-refractivity contribution in [1.82, 2.24) is 14.8 Å². The monoisotopic (exact) mass is 405 g/mol. The molecule has 2 aromatic rings. The van der Waals surface area contributed by atoms with Gasteiger partial charge in [-0.15, -0.1) is 10.2 Å². The molecule has 0 atom stereocenters. The minimum Gasteiger partial charge on any atom is -0.545 e. The van der Waals surface area contributed by atoms with Gasteiger partial charge < -0.3 is 29.4 Å². The summed E-state index contributed by atoms with van der Waals surface area (Å²) in [6.45, 7) is 6.90. The van der Waals surface area contributed by atoms with Crippen molar-refractivity contribution in [2.45, 2.75) is 25.2 Å². The molecule has 1 fully saturated rings. The second-order valence-corrected chi connectivity index (χ2v) is 7.29. The molecule has 1 aliphatic rings. The zero-order chi connectivity index (χ0) is 19.9. The number of aromatic nitrogens is 3. The van der Waals surface area contributed by atoms with Gasteiger partial charge in [-0.3, -0.25) is 4.79 Å². The Hall–Kier alpha value is -2.43. The number of carboxylic acid groups (broad SMARTS) is 1. The molecule has 0 radical (unpaired) electrons. The van der Waals surface area contributed by atoms with Crippen LogP contribution in [0.25, 0.3) is 0 Å². The molecular formula is C18H23N5O4S. The van der Waals surface area contributed by atoms with E-state index in [4.69, 9.17) is 4.74 Å². The predicted octanol–water partition coefficient (Wildman–Crippen LogP) is -1.19. The molecule has 0 spiro atoms. The molecule has 9 nitrogen and oxygen atoms in total. The van der Waals surface area contributed by atoms with E-state index in [0.29, 0.717) is 11.7 Å². The molecule has 28 heavy (non-hydrogen) atoms. The van der Waals surface area contributed by atoms with E-state index in [-0.39, 0.29) is 22.9 Å². The SMILES string of the molecule is CCn1c(C[NH+]2CCOCC2)nnc1SCC(=O)Nc1ccccc1C(=O)[O-]. The van der Waals surface area contributed by atoms with Gasteiger partial charge in [0, 0.05) is 17.8 Å². The van der Waals surface area contributed by atoms with Crippen LogP contribution in [0.1, 0.15) is 23.1 Å². The van der Waals surface area contributed by atoms with Crippen LogP contribution in [0.15, 0.2) is 29.4 Å². The van der Waals surface area contributed by atoms with Crippen LogP contribution in [0.3, 0.4) is 0 Å². The Bertz CT molecular complexity index is 835. The molecule has 2 N–H and O–H groups in total. The van der Waals surface area contributed by atoms with Crippen LogP contribution in [0, 0.1) is 0 Å². The highest BCUT2D eigenvalue weighted by Gasteiger charge is 2.20. The Morgan fingerprint density at radius 3 is 2.75 bits per heavy atom. The summed E-state index contributed by atoms with van der Waals surface area (Å²) in [4.78, 5) is 24.8. The first-order valence-electron chi connectivity index (χ1n) is 9.15. The van der Waals surface area contributed by atoms with E-state index in [1.165, 1.54) is 28.8 Å². The van der Waals surface area contributed by atoms with Gasteiger partial charge >= 0.3 is 0 Å². The molecule has 0 aliphatic carbocycles. The van der Waals surface area contributed by atoms with Crippen molar-refractivity contribution in [2.24, 2.45) is 0 Å². The summed E-state index contributed by atoms with van der Waals surface area (Å²) in [5.41, 5.74) is 0.176. The molecule has 3 rings (SSSR count). The molecule has 0 saturated carbocycles. The number of rotatable bonds is 8. The lowest BCUT2D eigenvalue weighted by Crippen LogP contribution is -3.12. The van der Waals surface area contributed by atoms with Crippen molar-refractivity contribution in [3.8, 4) is 0 Å². The summed E-state index contributed by atoms with van der Waals surface area (Å²) in [7, 11) is 0. The lowest BCUT2D eigenvalue weighted by Gasteiger charge is -2.23. The van der Waals surface area contributed by atoms with E-state index >= 15 is 0 Å². The lowest BCUT2D eigenvalue weighted by molar-refractivity contribution is -0.922. The number of anilines is 1. The van der Waals surface area contributed by atoms with Gasteiger partial charge in [-0.05, 0) is 13.0 Å². The second-order valence-electron chi connectivity index (χ2n) is 6.35. The summed E-state index contributed by atoms with van der Waals surface area (Å²) in [5, 5.41) is 22.9. The third-order valence-electron chi connectivity index (χ3n) is 4.47. The molecule has 1 aliphatic heterocycles. The lowest BCUT2D eigenvalue weighted by atomic mass is 10.2. The first kappa shape index (κ1) is 20.3. The molecule has 1 saturated heterocycles. The van der Waals surface area contributed by atoms with Gasteiger partial charge in [0.1, 0.15) is 19.6 Å². The number of morpholine rings is 1. The van der Waals surface area contributed by atoms with Gasteiger partial charge in [0.15, 0.2) is 11.0 Å². The van der Waals surface area contributed by atoms with Crippen LogP contribution in [-0.4, -0.2) is 58.7 Å². The van der Waals surface area contributed by atoms with Gasteiger partial charge in [0.05, 0.1) is 24.9 Å². The maximum Gasteiger partial charge on any atom is 0.234 e. The number of thioether (sulfide) groups is 1. The fourth-order valence-corrected chi connectivity index (χ4v) is 3.84. The fraction of sp³-hybridized carbons (Fsp3) is 0.444. The van der Waals surface area contributed by atoms with Crippen LogP contribution < -0.4 is 15.3 Å². The molecular weight excluding hydrogens is 382 g/mol. The average Bonchev–Trinajstić information content (AvgIpc) is 3.09. The van der Waals surface area contributed by atoms with E-state index in [2.05, 4.69) is 15.5 Å². The van der Waals surface area contributed by atoms with E-state index < -0.39 is 5.97 Å². The Kier molecular flexibility index (Phi) is 7.01. The zero-order valence-electron chi connectivity index (χ0n) is 15.6. The Morgan fingerprint density at radius 1 is 1.29 bits per heavy atom. The number of quaternary nitrogens is 1. The van der Waals surface area contributed by atoms with Gasteiger partial charge in [-0.25, -0.2) is 0 Å². The number of amides is 1. The van der Waals surface area contributed by atoms with Crippen molar-refractivity contribution in [2.75, 3.05) is 37.4 Å². The largest absolute Gasteiger partial charge is 0.545 e. The zero-order valence-corrected chi connectivity index (χ0v) is 16.5. The summed E-state index contributed by atoms with van der Waals surface area (Å²) in [6.07, 6.45) is 0. The maximum atomic E-state index is 12.3. The highest BCUT2D eigenvalue weighted by molar-refractivity contribution is 7.99. The summed E-state index contributed by atoms with van der Waals surface area (Å²) >= 11 is 1.28. The number of nitrogens with zero attached hydrogens (tertiary/aromatic N) is 3. The fourth-order valence-electron chi connectivity index (χ4n) is 3.02. The topological polar surface area (TPSA) is 114 Å². The minimum absolute atomic E-state index is 0.0478. The van der Waals surface area contributed by atoms with Crippen molar-refractivity contribution in [3.05, 3.63) is 35.7 Å². The van der Waals surface area contributed by atoms with E-state index in [0.717, 1.165) is 38.7 Å². The third kappa shape index (κ3) is 5.09. The molecule has 0 bridgehead atoms. The summed E-state index contributed by atoms with van der Waals surface area (Å²) in [5.74, 6) is -0.650. The minimum atomic E-state index is -1.33. The number of benzene rings is 1. The first-order chi connectivity index (χ1) is 13.6. The highest BCUT2D eigenvalue weighted by atomic mass is 32.2. The Morgan fingerprint density at radius 2 is 2.04 bits per heavy atom. The van der Waals surface area contributed by atoms with Crippen LogP contribution in [-0.2, 0) is 22.6 Å². The number of carboxylic acids is 1. The van der Waals surface area contributed by atoms with Crippen molar-refractivity contribution >= 4 is 29.3 Å². The Labute approximate surface area is 167 Å². The number of carbonyl (C=O) groups excluding carboxylic acids is 2. The van der Waals surface area contributed by atoms with Crippen LogP contribution >= 0.6 is 11.8 Å². The van der Waals surface area contributed by atoms with Crippen LogP contribution in [0.5, 0.6) is 0 Å². The number of hydrogen-bond acceptors (Lipinski definition) is 7. The van der Waals surface area contributed by atoms with Crippen molar-refractivity contribution in [1.29, 1.82) is 0 Å². The molecule has 0 unspecified atom stereocenters. The molecule has 1 aromatic carbocycles. The van der Waals surface area contributed by atoms with Crippen molar-refractivity contribution < 1.29 is 24.3 Å². The summed E-state index contributed by atoms with van der Waals surface area (Å²) in [6, 6.07) is 6.16. The number of hydrogen-bond donors (Lipinski definition) is 2. The average molecular weight is 405 g/mol. The molecule has 1 aromatic heterocycles. The molecule has 150 valence electrons.